The van der Waals surface area contributed by atoms with Crippen LogP contribution in [0.2, 0.25) is 0 Å². The second-order valence-corrected chi connectivity index (χ2v) is 12.6. The van der Waals surface area contributed by atoms with Crippen molar-refractivity contribution in [2.75, 3.05) is 13.6 Å². The Morgan fingerprint density at radius 2 is 1.47 bits per heavy atom. The summed E-state index contributed by atoms with van der Waals surface area (Å²) in [5, 5.41) is 8.43. The number of likely N-dealkylation sites (N-methyl/N-ethyl adjacent to an activating group) is 1. The van der Waals surface area contributed by atoms with Gasteiger partial charge < -0.3 is 26.5 Å². The first-order valence-electron chi connectivity index (χ1n) is 17.7. The number of ketones is 1. The molecular weight excluding hydrogens is 570 g/mol. The summed E-state index contributed by atoms with van der Waals surface area (Å²) in [6.07, 6.45) is 10.9. The van der Waals surface area contributed by atoms with Crippen molar-refractivity contribution in [3.63, 3.8) is 0 Å². The summed E-state index contributed by atoms with van der Waals surface area (Å²) in [4.78, 5) is 60.6. The predicted molar refractivity (Wildman–Crippen MR) is 185 cm³/mol. The number of carbonyl (C=O) groups is 5. The van der Waals surface area contributed by atoms with Crippen molar-refractivity contribution >= 4 is 29.9 Å². The van der Waals surface area contributed by atoms with Gasteiger partial charge in [-0.3, -0.25) is 19.3 Å². The van der Waals surface area contributed by atoms with Crippen molar-refractivity contribution in [2.24, 2.45) is 29.4 Å². The minimum atomic E-state index is -0.992. The molecule has 10 nitrogen and oxygen atoms in total. The molecule has 0 spiro atoms. The lowest BCUT2D eigenvalue weighted by atomic mass is 9.84. The highest BCUT2D eigenvalue weighted by Gasteiger charge is 2.38. The van der Waals surface area contributed by atoms with E-state index in [9.17, 15) is 24.0 Å². The highest BCUT2D eigenvalue weighted by molar-refractivity contribution is 6.37. The summed E-state index contributed by atoms with van der Waals surface area (Å²) in [6.45, 7) is 21.2. The van der Waals surface area contributed by atoms with Gasteiger partial charge in [-0.15, -0.1) is 0 Å². The van der Waals surface area contributed by atoms with Crippen LogP contribution in [-0.2, 0) is 19.2 Å². The van der Waals surface area contributed by atoms with E-state index in [-0.39, 0.29) is 36.0 Å². The number of urea groups is 1. The number of nitrogens with zero attached hydrogens (tertiary/aromatic N) is 1. The Bertz CT molecular complexity index is 846. The average molecular weight is 640 g/mol. The lowest BCUT2D eigenvalue weighted by molar-refractivity contribution is -0.139. The van der Waals surface area contributed by atoms with Crippen LogP contribution < -0.4 is 21.7 Å². The Hall–Kier alpha value is -2.49. The molecule has 1 aliphatic heterocycles. The molecule has 0 aromatic heterocycles. The van der Waals surface area contributed by atoms with Gasteiger partial charge in [-0.2, -0.15) is 0 Å². The molecule has 0 aromatic carbocycles. The molecule has 2 rings (SSSR count). The third kappa shape index (κ3) is 17.7. The number of nitrogens with two attached hydrogens (primary N) is 1. The van der Waals surface area contributed by atoms with Crippen molar-refractivity contribution in [1.29, 1.82) is 0 Å². The fraction of sp³-hybridized carbons (Fsp3) is 0.857. The van der Waals surface area contributed by atoms with Crippen LogP contribution in [0.15, 0.2) is 0 Å². The van der Waals surface area contributed by atoms with Gasteiger partial charge in [0.05, 0.1) is 18.1 Å². The number of amides is 4. The Labute approximate surface area is 275 Å². The normalized spacial score (nSPS) is 20.7. The van der Waals surface area contributed by atoms with Crippen LogP contribution in [0.25, 0.3) is 0 Å². The zero-order chi connectivity index (χ0) is 35.1. The van der Waals surface area contributed by atoms with E-state index in [1.54, 1.807) is 0 Å². The molecule has 1 aliphatic carbocycles. The molecule has 1 heterocycles. The number of rotatable bonds is 14. The summed E-state index contributed by atoms with van der Waals surface area (Å²) in [5.74, 6) is -0.343. The molecule has 0 aromatic rings. The molecule has 5 N–H and O–H groups in total. The van der Waals surface area contributed by atoms with E-state index >= 15 is 0 Å². The smallest absolute Gasteiger partial charge is 0.315 e. The summed E-state index contributed by atoms with van der Waals surface area (Å²) in [6, 6.07) is -1.44. The molecule has 45 heavy (non-hydrogen) atoms. The third-order valence-corrected chi connectivity index (χ3v) is 8.62. The summed E-state index contributed by atoms with van der Waals surface area (Å²) >= 11 is 0. The predicted octanol–water partition coefficient (Wildman–Crippen LogP) is 5.61. The number of nitrogens with one attached hydrogen (secondary N) is 3. The van der Waals surface area contributed by atoms with Crippen molar-refractivity contribution in [1.82, 2.24) is 20.9 Å². The maximum Gasteiger partial charge on any atom is 0.315 e. The largest absolute Gasteiger partial charge is 0.363 e. The van der Waals surface area contributed by atoms with E-state index in [0.29, 0.717) is 24.2 Å². The molecule has 10 heteroatoms. The minimum absolute atomic E-state index is 0.161. The van der Waals surface area contributed by atoms with Gasteiger partial charge in [0.25, 0.3) is 5.91 Å². The molecule has 2 aliphatic rings. The second-order valence-electron chi connectivity index (χ2n) is 12.6. The minimum Gasteiger partial charge on any atom is -0.363 e. The summed E-state index contributed by atoms with van der Waals surface area (Å²) < 4.78 is 0. The van der Waals surface area contributed by atoms with Crippen molar-refractivity contribution in [2.45, 2.75) is 158 Å². The number of carbonyl (C=O) groups excluding carboxylic acids is 5. The fourth-order valence-corrected chi connectivity index (χ4v) is 5.91. The van der Waals surface area contributed by atoms with Gasteiger partial charge in [0.1, 0.15) is 6.29 Å². The summed E-state index contributed by atoms with van der Waals surface area (Å²) in [5.41, 5.74) is 5.10. The zero-order valence-electron chi connectivity index (χ0n) is 30.5. The molecule has 0 bridgehead atoms. The van der Waals surface area contributed by atoms with Gasteiger partial charge >= 0.3 is 6.03 Å². The van der Waals surface area contributed by atoms with Crippen LogP contribution >= 0.6 is 0 Å². The maximum atomic E-state index is 12.6. The Morgan fingerprint density at radius 1 is 0.889 bits per heavy atom. The van der Waals surface area contributed by atoms with Crippen molar-refractivity contribution in [3.05, 3.63) is 0 Å². The van der Waals surface area contributed by atoms with Crippen LogP contribution in [-0.4, -0.2) is 72.6 Å². The van der Waals surface area contributed by atoms with Crippen molar-refractivity contribution in [3.8, 4) is 0 Å². The molecule has 5 unspecified atom stereocenters. The SMILES string of the molecule is CC.CC.CCC(C)[C@@H]1CC(C(=O)NC(CC(C)C)C(=O)C(N)=O)N(C)C1.CCCC(C)NC(=O)NC(C=O)C1CCCCC1. The first-order valence-corrected chi connectivity index (χ1v) is 17.7. The first-order chi connectivity index (χ1) is 21.3. The fourth-order valence-electron chi connectivity index (χ4n) is 5.91. The van der Waals surface area contributed by atoms with Gasteiger partial charge in [0.2, 0.25) is 11.7 Å². The molecule has 6 atom stereocenters. The topological polar surface area (TPSA) is 151 Å². The van der Waals surface area contributed by atoms with Crippen LogP contribution in [0.5, 0.6) is 0 Å². The van der Waals surface area contributed by atoms with Gasteiger partial charge in [-0.25, -0.2) is 4.79 Å². The molecule has 4 amide bonds. The standard InChI is InChI=1S/C17H31N3O3.C14H26N2O2.2C2H6/c1-6-11(4)12-8-14(20(5)9-12)17(23)19-13(7-10(2)3)15(21)16(18)22;1-3-7-11(2)15-14(18)16-13(10-17)12-8-5-4-6-9-12;2*1-2/h10-14H,6-9H2,1-5H3,(H2,18,22)(H,19,23);10-13H,3-9H2,1-2H3,(H2,15,16,18);2*1-2H3/t11?,12-,13?,14?;;;/m1.../s1. The number of likely N-dealkylation sites (tertiary alicyclic amines) is 1. The number of hydrogen-bond donors (Lipinski definition) is 4. The Balaban J connectivity index is 0. The number of primary amides is 1. The van der Waals surface area contributed by atoms with E-state index < -0.39 is 17.7 Å². The Kier molecular flexibility index (Phi) is 25.5. The van der Waals surface area contributed by atoms with Crippen LogP contribution in [0.4, 0.5) is 4.79 Å². The highest BCUT2D eigenvalue weighted by Crippen LogP contribution is 2.30. The van der Waals surface area contributed by atoms with E-state index in [1.165, 1.54) is 19.3 Å². The van der Waals surface area contributed by atoms with Crippen LogP contribution in [0, 0.1) is 23.7 Å². The molecule has 264 valence electrons. The van der Waals surface area contributed by atoms with E-state index in [1.807, 2.05) is 60.4 Å². The van der Waals surface area contributed by atoms with Crippen LogP contribution in [0.3, 0.4) is 0 Å². The molecular formula is C35H69N5O5. The summed E-state index contributed by atoms with van der Waals surface area (Å²) in [7, 11) is 1.93. The second kappa shape index (κ2) is 25.7. The van der Waals surface area contributed by atoms with Crippen molar-refractivity contribution < 1.29 is 24.0 Å². The molecule has 1 saturated carbocycles. The lowest BCUT2D eigenvalue weighted by Crippen LogP contribution is -2.51. The van der Waals surface area contributed by atoms with E-state index in [4.69, 9.17) is 5.73 Å². The Morgan fingerprint density at radius 3 is 1.93 bits per heavy atom. The monoisotopic (exact) mass is 640 g/mol. The zero-order valence-corrected chi connectivity index (χ0v) is 30.5. The lowest BCUT2D eigenvalue weighted by Gasteiger charge is -2.27. The maximum absolute atomic E-state index is 12.6. The number of hydrogen-bond acceptors (Lipinski definition) is 6. The number of aldehydes is 1. The average Bonchev–Trinajstić information content (AvgIpc) is 3.42. The van der Waals surface area contributed by atoms with Gasteiger partial charge in [-0.05, 0) is 69.7 Å². The molecule has 2 fully saturated rings. The number of Topliss-reactive ketones (excluding diaryl/α,β-unsaturated/α-hetero) is 1. The quantitative estimate of drug-likeness (QED) is 0.143. The van der Waals surface area contributed by atoms with E-state index in [2.05, 4.69) is 36.7 Å². The third-order valence-electron chi connectivity index (χ3n) is 8.62. The van der Waals surface area contributed by atoms with Gasteiger partial charge in [-0.1, -0.05) is 94.4 Å². The van der Waals surface area contributed by atoms with Crippen LogP contribution in [0.1, 0.15) is 133 Å². The van der Waals surface area contributed by atoms with Gasteiger partial charge in [0, 0.05) is 12.6 Å². The molecule has 0 radical (unpaired) electrons. The highest BCUT2D eigenvalue weighted by atomic mass is 16.2. The van der Waals surface area contributed by atoms with Gasteiger partial charge in [0.15, 0.2) is 0 Å². The first kappa shape index (κ1) is 44.6. The molecule has 1 saturated heterocycles. The van der Waals surface area contributed by atoms with E-state index in [0.717, 1.165) is 51.4 Å².